The summed E-state index contributed by atoms with van der Waals surface area (Å²) in [7, 11) is 5.52. The number of halogens is 1. The maximum atomic E-state index is 14.2. The molecule has 2 rings (SSSR count). The Balaban J connectivity index is 2.39. The smallest absolute Gasteiger partial charge is 0.129 e. The maximum absolute atomic E-state index is 14.2. The van der Waals surface area contributed by atoms with Crippen LogP contribution in [0.25, 0.3) is 0 Å². The van der Waals surface area contributed by atoms with Crippen LogP contribution in [0.15, 0.2) is 18.2 Å². The molecule has 1 aromatic rings. The lowest BCUT2D eigenvalue weighted by molar-refractivity contribution is -0.0644. The summed E-state index contributed by atoms with van der Waals surface area (Å²) in [6.45, 7) is 0.757. The summed E-state index contributed by atoms with van der Waals surface area (Å²) >= 11 is 0. The minimum atomic E-state index is -1.10. The van der Waals surface area contributed by atoms with Crippen molar-refractivity contribution in [1.82, 2.24) is 4.90 Å². The largest absolute Gasteiger partial charge is 0.497 e. The minimum absolute atomic E-state index is 0.0489. The van der Waals surface area contributed by atoms with Crippen LogP contribution in [0.5, 0.6) is 5.75 Å². The fraction of sp³-hybridized carbons (Fsp3) is 0.625. The third kappa shape index (κ3) is 2.96. The molecule has 0 aromatic heterocycles. The van der Waals surface area contributed by atoms with Crippen molar-refractivity contribution in [3.05, 3.63) is 29.6 Å². The molecule has 0 unspecified atom stereocenters. The number of hydrogen-bond donors (Lipinski definition) is 1. The standard InChI is InChI=1S/C16H24FNO2/c1-18(2)11-12-6-4-5-9-16(12,19)14-10-13(20-3)7-8-15(14)17/h7-8,10,12,19H,4-6,9,11H2,1-3H3/t12-,16-/m1/s1/i17-1. The Bertz CT molecular complexity index is 464. The molecule has 0 radical (unpaired) electrons. The molecule has 0 spiro atoms. The van der Waals surface area contributed by atoms with Crippen molar-refractivity contribution in [1.29, 1.82) is 0 Å². The zero-order valence-corrected chi connectivity index (χ0v) is 12.5. The number of methoxy groups -OCH3 is 1. The number of aliphatic hydroxyl groups is 1. The Labute approximate surface area is 120 Å². The predicted octanol–water partition coefficient (Wildman–Crippen LogP) is 2.77. The predicted molar refractivity (Wildman–Crippen MR) is 77.4 cm³/mol. The van der Waals surface area contributed by atoms with Crippen molar-refractivity contribution in [3.63, 3.8) is 0 Å². The maximum Gasteiger partial charge on any atom is 0.129 e. The lowest BCUT2D eigenvalue weighted by atomic mass is 9.71. The molecule has 0 heterocycles. The van der Waals surface area contributed by atoms with Crippen molar-refractivity contribution in [3.8, 4) is 5.75 Å². The van der Waals surface area contributed by atoms with Crippen LogP contribution in [-0.4, -0.2) is 37.8 Å². The molecule has 112 valence electrons. The first-order valence-electron chi connectivity index (χ1n) is 7.18. The van der Waals surface area contributed by atoms with Gasteiger partial charge in [-0.2, -0.15) is 0 Å². The van der Waals surface area contributed by atoms with Gasteiger partial charge >= 0.3 is 0 Å². The molecular weight excluding hydrogens is 256 g/mol. The van der Waals surface area contributed by atoms with Crippen LogP contribution in [0.1, 0.15) is 31.2 Å². The Morgan fingerprint density at radius 3 is 2.80 bits per heavy atom. The zero-order chi connectivity index (χ0) is 14.8. The Morgan fingerprint density at radius 1 is 1.40 bits per heavy atom. The van der Waals surface area contributed by atoms with Gasteiger partial charge in [0.2, 0.25) is 0 Å². The first kappa shape index (κ1) is 15.3. The second-order valence-corrected chi connectivity index (χ2v) is 5.97. The van der Waals surface area contributed by atoms with Crippen LogP contribution in [0, 0.1) is 11.7 Å². The lowest BCUT2D eigenvalue weighted by Crippen LogP contribution is -2.43. The molecule has 0 bridgehead atoms. The van der Waals surface area contributed by atoms with Crippen LogP contribution >= 0.6 is 0 Å². The summed E-state index contributed by atoms with van der Waals surface area (Å²) in [5.74, 6) is 0.288. The van der Waals surface area contributed by atoms with E-state index in [9.17, 15) is 9.50 Å². The molecule has 3 nitrogen and oxygen atoms in total. The normalized spacial score (nSPS) is 26.8. The van der Waals surface area contributed by atoms with E-state index in [0.717, 1.165) is 25.8 Å². The van der Waals surface area contributed by atoms with Crippen LogP contribution in [0.3, 0.4) is 0 Å². The van der Waals surface area contributed by atoms with E-state index in [4.69, 9.17) is 4.74 Å². The van der Waals surface area contributed by atoms with E-state index < -0.39 is 5.60 Å². The number of ether oxygens (including phenoxy) is 1. The fourth-order valence-electron chi connectivity index (χ4n) is 3.23. The summed E-state index contributed by atoms with van der Waals surface area (Å²) in [6, 6.07) is 4.61. The molecule has 0 saturated heterocycles. The van der Waals surface area contributed by atoms with Crippen LogP contribution in [-0.2, 0) is 5.60 Å². The molecule has 0 aliphatic heterocycles. The molecule has 20 heavy (non-hydrogen) atoms. The Kier molecular flexibility index (Phi) is 4.66. The molecule has 1 fully saturated rings. The monoisotopic (exact) mass is 280 g/mol. The molecular formula is C16H24FNO2. The number of rotatable bonds is 4. The van der Waals surface area contributed by atoms with Crippen LogP contribution in [0.2, 0.25) is 0 Å². The summed E-state index contributed by atoms with van der Waals surface area (Å²) in [5.41, 5.74) is -0.718. The topological polar surface area (TPSA) is 32.7 Å². The molecule has 1 aromatic carbocycles. The summed E-state index contributed by atoms with van der Waals surface area (Å²) < 4.78 is 19.4. The van der Waals surface area contributed by atoms with E-state index in [-0.39, 0.29) is 11.7 Å². The van der Waals surface area contributed by atoms with Gasteiger partial charge in [0.25, 0.3) is 0 Å². The van der Waals surface area contributed by atoms with Crippen molar-refractivity contribution in [2.24, 2.45) is 5.92 Å². The highest BCUT2D eigenvalue weighted by atomic mass is 18.2. The fourth-order valence-corrected chi connectivity index (χ4v) is 3.23. The molecule has 1 N–H and O–H groups in total. The van der Waals surface area contributed by atoms with E-state index in [1.54, 1.807) is 19.2 Å². The highest BCUT2D eigenvalue weighted by Gasteiger charge is 2.42. The third-order valence-corrected chi connectivity index (χ3v) is 4.26. The van der Waals surface area contributed by atoms with E-state index in [2.05, 4.69) is 4.90 Å². The average molecular weight is 280 g/mol. The minimum Gasteiger partial charge on any atom is -0.497 e. The molecule has 2 atom stereocenters. The second-order valence-electron chi connectivity index (χ2n) is 5.97. The lowest BCUT2D eigenvalue weighted by Gasteiger charge is -2.41. The van der Waals surface area contributed by atoms with Gasteiger partial charge in [0.15, 0.2) is 0 Å². The average Bonchev–Trinajstić information content (AvgIpc) is 2.41. The molecule has 1 saturated carbocycles. The Morgan fingerprint density at radius 2 is 2.15 bits per heavy atom. The van der Waals surface area contributed by atoms with Gasteiger partial charge in [-0.1, -0.05) is 12.8 Å². The van der Waals surface area contributed by atoms with Gasteiger partial charge in [0.05, 0.1) is 12.7 Å². The summed E-state index contributed by atoms with van der Waals surface area (Å²) in [6.07, 6.45) is 3.55. The number of hydrogen-bond acceptors (Lipinski definition) is 3. The molecule has 1 aliphatic rings. The van der Waals surface area contributed by atoms with Gasteiger partial charge in [-0.3, -0.25) is 0 Å². The molecule has 0 amide bonds. The molecule has 1 aliphatic carbocycles. The van der Waals surface area contributed by atoms with E-state index >= 15 is 0 Å². The highest BCUT2D eigenvalue weighted by molar-refractivity contribution is 5.34. The van der Waals surface area contributed by atoms with Crippen molar-refractivity contribution < 1.29 is 14.2 Å². The summed E-state index contributed by atoms with van der Waals surface area (Å²) in [5, 5.41) is 11.1. The quantitative estimate of drug-likeness (QED) is 0.920. The van der Waals surface area contributed by atoms with Gasteiger partial charge < -0.3 is 14.7 Å². The SMILES string of the molecule is COc1ccc([18F])c([C@@]2(O)CCCC[C@@H]2CN(C)C)c1. The third-order valence-electron chi connectivity index (χ3n) is 4.26. The first-order valence-corrected chi connectivity index (χ1v) is 7.18. The van der Waals surface area contributed by atoms with Gasteiger partial charge in [-0.15, -0.1) is 0 Å². The van der Waals surface area contributed by atoms with Gasteiger partial charge in [-0.25, -0.2) is 4.39 Å². The van der Waals surface area contributed by atoms with Gasteiger partial charge in [0, 0.05) is 18.0 Å². The van der Waals surface area contributed by atoms with E-state index in [1.807, 2.05) is 14.1 Å². The van der Waals surface area contributed by atoms with Crippen molar-refractivity contribution in [2.45, 2.75) is 31.3 Å². The van der Waals surface area contributed by atoms with Gasteiger partial charge in [0.1, 0.15) is 11.6 Å². The number of nitrogens with zero attached hydrogens (tertiary/aromatic N) is 1. The van der Waals surface area contributed by atoms with E-state index in [1.165, 1.54) is 6.07 Å². The second kappa shape index (κ2) is 6.10. The first-order chi connectivity index (χ1) is 9.47. The van der Waals surface area contributed by atoms with E-state index in [0.29, 0.717) is 17.7 Å². The molecule has 4 heteroatoms. The van der Waals surface area contributed by atoms with Crippen LogP contribution < -0.4 is 4.74 Å². The van der Waals surface area contributed by atoms with Crippen molar-refractivity contribution in [2.75, 3.05) is 27.7 Å². The summed E-state index contributed by atoms with van der Waals surface area (Å²) in [4.78, 5) is 2.05. The van der Waals surface area contributed by atoms with Gasteiger partial charge in [-0.05, 0) is 45.1 Å². The zero-order valence-electron chi connectivity index (χ0n) is 12.5. The van der Waals surface area contributed by atoms with Crippen molar-refractivity contribution >= 4 is 0 Å². The van der Waals surface area contributed by atoms with Crippen LogP contribution in [0.4, 0.5) is 4.39 Å². The highest BCUT2D eigenvalue weighted by Crippen LogP contribution is 2.43. The number of benzene rings is 1. The Hall–Kier alpha value is -1.13.